The fourth-order valence-electron chi connectivity index (χ4n) is 2.13. The van der Waals surface area contributed by atoms with Gasteiger partial charge in [0.05, 0.1) is 30.2 Å². The molecule has 0 spiro atoms. The topological polar surface area (TPSA) is 112 Å². The average Bonchev–Trinajstić information content (AvgIpc) is 2.67. The number of unbranched alkanes of at least 4 members (excludes halogenated alkanes) is 1. The number of carbonyl (C=O) groups excluding carboxylic acids is 1. The third kappa shape index (κ3) is 8.43. The van der Waals surface area contributed by atoms with E-state index in [-0.39, 0.29) is 49.8 Å². The first-order valence-electron chi connectivity index (χ1n) is 8.71. The summed E-state index contributed by atoms with van der Waals surface area (Å²) in [7, 11) is 0. The van der Waals surface area contributed by atoms with E-state index in [4.69, 9.17) is 15.1 Å². The normalized spacial score (nSPS) is 9.32. The van der Waals surface area contributed by atoms with Gasteiger partial charge in [-0.25, -0.2) is 4.79 Å². The molecule has 8 heteroatoms. The smallest absolute Gasteiger partial charge is 0.493 e. The van der Waals surface area contributed by atoms with Crippen LogP contribution >= 0.6 is 0 Å². The maximum atomic E-state index is 12.2. The number of pyridine rings is 1. The Morgan fingerprint density at radius 1 is 1.36 bits per heavy atom. The van der Waals surface area contributed by atoms with Gasteiger partial charge in [0.25, 0.3) is 0 Å². The molecule has 1 amide bonds. The molecular formula is C20H24LiN3O4. The van der Waals surface area contributed by atoms with Crippen LogP contribution in [0.15, 0.2) is 30.5 Å². The SMILES string of the molecule is N#CCC(=O)c1c(OCCCNC(=O)O)ccc2cccnc12.[CH2-]CCC.[Li+]. The van der Waals surface area contributed by atoms with Crippen molar-refractivity contribution in [3.05, 3.63) is 42.9 Å². The summed E-state index contributed by atoms with van der Waals surface area (Å²) >= 11 is 0. The van der Waals surface area contributed by atoms with E-state index in [1.165, 1.54) is 6.42 Å². The number of nitriles is 1. The van der Waals surface area contributed by atoms with Crippen LogP contribution in [0.25, 0.3) is 10.9 Å². The maximum Gasteiger partial charge on any atom is 1.00 e. The number of nitrogens with one attached hydrogen (secondary N) is 1. The van der Waals surface area contributed by atoms with Crippen molar-refractivity contribution in [3.8, 4) is 11.8 Å². The van der Waals surface area contributed by atoms with Crippen LogP contribution in [-0.4, -0.2) is 35.1 Å². The Hall–Kier alpha value is -2.54. The number of Topliss-reactive ketones (excluding diaryl/α,β-unsaturated/α-hetero) is 1. The number of hydrogen-bond acceptors (Lipinski definition) is 5. The second-order valence-corrected chi connectivity index (χ2v) is 5.56. The van der Waals surface area contributed by atoms with Crippen LogP contribution in [-0.2, 0) is 0 Å². The molecule has 2 aromatic rings. The monoisotopic (exact) mass is 377 g/mol. The minimum Gasteiger partial charge on any atom is -0.493 e. The first-order valence-corrected chi connectivity index (χ1v) is 8.71. The summed E-state index contributed by atoms with van der Waals surface area (Å²) in [5, 5.41) is 20.3. The molecular weight excluding hydrogens is 353 g/mol. The number of benzene rings is 1. The van der Waals surface area contributed by atoms with Gasteiger partial charge in [-0.3, -0.25) is 9.78 Å². The van der Waals surface area contributed by atoms with Crippen molar-refractivity contribution in [2.24, 2.45) is 0 Å². The van der Waals surface area contributed by atoms with Gasteiger partial charge in [-0.05, 0) is 24.6 Å². The van der Waals surface area contributed by atoms with E-state index in [1.807, 2.05) is 12.1 Å². The minimum atomic E-state index is -1.09. The number of carboxylic acid groups (broad SMARTS) is 1. The van der Waals surface area contributed by atoms with Gasteiger partial charge in [-0.15, -0.1) is 0 Å². The Morgan fingerprint density at radius 3 is 2.68 bits per heavy atom. The molecule has 2 N–H and O–H groups in total. The average molecular weight is 377 g/mol. The summed E-state index contributed by atoms with van der Waals surface area (Å²) in [6.07, 6.45) is 2.96. The number of ketones is 1. The summed E-state index contributed by atoms with van der Waals surface area (Å²) in [6, 6.07) is 8.88. The Bertz CT molecular complexity index is 804. The molecule has 1 heterocycles. The number of aromatic nitrogens is 1. The van der Waals surface area contributed by atoms with Gasteiger partial charge in [-0.2, -0.15) is 11.7 Å². The number of carbonyl (C=O) groups is 2. The van der Waals surface area contributed by atoms with E-state index in [0.29, 0.717) is 17.7 Å². The van der Waals surface area contributed by atoms with Gasteiger partial charge < -0.3 is 22.1 Å². The Balaban J connectivity index is 0.00000133. The number of ether oxygens (including phenoxy) is 1. The molecule has 1 aromatic heterocycles. The maximum absolute atomic E-state index is 12.2. The predicted octanol–water partition coefficient (Wildman–Crippen LogP) is 0.992. The first kappa shape index (κ1) is 25.5. The molecule has 0 fully saturated rings. The van der Waals surface area contributed by atoms with Crippen LogP contribution < -0.4 is 28.9 Å². The van der Waals surface area contributed by atoms with E-state index in [0.717, 1.165) is 11.8 Å². The molecule has 2 rings (SSSR count). The number of amides is 1. The van der Waals surface area contributed by atoms with Gasteiger partial charge in [-0.1, -0.05) is 19.4 Å². The molecule has 28 heavy (non-hydrogen) atoms. The zero-order valence-electron chi connectivity index (χ0n) is 16.4. The molecule has 0 unspecified atom stereocenters. The second-order valence-electron chi connectivity index (χ2n) is 5.56. The summed E-state index contributed by atoms with van der Waals surface area (Å²) in [4.78, 5) is 26.8. The Labute approximate surface area is 177 Å². The van der Waals surface area contributed by atoms with Crippen molar-refractivity contribution in [2.45, 2.75) is 32.6 Å². The Kier molecular flexibility index (Phi) is 13.2. The van der Waals surface area contributed by atoms with E-state index < -0.39 is 6.09 Å². The van der Waals surface area contributed by atoms with Crippen LogP contribution in [0.2, 0.25) is 0 Å². The molecule has 0 radical (unpaired) electrons. The molecule has 0 atom stereocenters. The van der Waals surface area contributed by atoms with Crippen LogP contribution in [0.3, 0.4) is 0 Å². The van der Waals surface area contributed by atoms with Crippen LogP contribution in [0, 0.1) is 18.3 Å². The van der Waals surface area contributed by atoms with Crippen molar-refractivity contribution >= 4 is 22.8 Å². The second kappa shape index (κ2) is 14.5. The molecule has 0 bridgehead atoms. The van der Waals surface area contributed by atoms with Gasteiger partial charge in [0.15, 0.2) is 5.78 Å². The summed E-state index contributed by atoms with van der Waals surface area (Å²) < 4.78 is 5.59. The van der Waals surface area contributed by atoms with E-state index >= 15 is 0 Å². The zero-order valence-corrected chi connectivity index (χ0v) is 16.4. The summed E-state index contributed by atoms with van der Waals surface area (Å²) in [5.74, 6) is 0.00207. The van der Waals surface area contributed by atoms with Gasteiger partial charge in [0, 0.05) is 18.1 Å². The first-order chi connectivity index (χ1) is 13.0. The standard InChI is InChI=1S/C16H15N3O4.C4H9.Li/c17-7-6-12(20)14-13(23-10-2-9-19-16(21)22)5-4-11-3-1-8-18-15(11)14;1-3-4-2;/h1,3-5,8,19H,2,6,9-10H2,(H,21,22);1,3-4H2,2H3;/q;-1;+1. The molecule has 0 saturated heterocycles. The molecule has 0 aliphatic heterocycles. The minimum absolute atomic E-state index is 0. The zero-order chi connectivity index (χ0) is 20.1. The van der Waals surface area contributed by atoms with Crippen molar-refractivity contribution in [2.75, 3.05) is 13.2 Å². The molecule has 0 saturated carbocycles. The van der Waals surface area contributed by atoms with Crippen LogP contribution in [0.5, 0.6) is 5.75 Å². The molecule has 1 aromatic carbocycles. The number of rotatable bonds is 8. The summed E-state index contributed by atoms with van der Waals surface area (Å²) in [5.41, 5.74) is 0.782. The largest absolute Gasteiger partial charge is 1.00 e. The quantitative estimate of drug-likeness (QED) is 0.307. The predicted molar refractivity (Wildman–Crippen MR) is 103 cm³/mol. The fourth-order valence-corrected chi connectivity index (χ4v) is 2.13. The van der Waals surface area contributed by atoms with E-state index in [2.05, 4.69) is 24.1 Å². The number of nitrogens with zero attached hydrogens (tertiary/aromatic N) is 2. The van der Waals surface area contributed by atoms with Crippen molar-refractivity contribution in [1.82, 2.24) is 10.3 Å². The fraction of sp³-hybridized carbons (Fsp3) is 0.350. The van der Waals surface area contributed by atoms with Gasteiger partial charge in [0.1, 0.15) is 5.75 Å². The molecule has 0 aliphatic carbocycles. The third-order valence-corrected chi connectivity index (χ3v) is 3.46. The van der Waals surface area contributed by atoms with E-state index in [9.17, 15) is 9.59 Å². The molecule has 0 aliphatic rings. The molecule has 7 nitrogen and oxygen atoms in total. The van der Waals surface area contributed by atoms with Crippen molar-refractivity contribution in [3.63, 3.8) is 0 Å². The molecule has 144 valence electrons. The van der Waals surface area contributed by atoms with E-state index in [1.54, 1.807) is 24.4 Å². The van der Waals surface area contributed by atoms with Crippen molar-refractivity contribution < 1.29 is 38.3 Å². The van der Waals surface area contributed by atoms with Crippen LogP contribution in [0.1, 0.15) is 43.0 Å². The summed E-state index contributed by atoms with van der Waals surface area (Å²) in [6.45, 7) is 6.22. The Morgan fingerprint density at radius 2 is 2.07 bits per heavy atom. The van der Waals surface area contributed by atoms with Gasteiger partial charge in [0.2, 0.25) is 0 Å². The van der Waals surface area contributed by atoms with Crippen LogP contribution in [0.4, 0.5) is 4.79 Å². The van der Waals surface area contributed by atoms with Gasteiger partial charge >= 0.3 is 25.0 Å². The number of fused-ring (bicyclic) bond motifs is 1. The third-order valence-electron chi connectivity index (χ3n) is 3.46. The number of hydrogen-bond donors (Lipinski definition) is 2. The van der Waals surface area contributed by atoms with Crippen molar-refractivity contribution in [1.29, 1.82) is 5.26 Å².